The molecule has 2 saturated carbocycles. The number of aromatic nitrogens is 2. The molecule has 1 N–H and O–H groups in total. The maximum Gasteiger partial charge on any atom is 0.416 e. The van der Waals surface area contributed by atoms with E-state index in [1.165, 1.54) is 44.9 Å². The number of rotatable bonds is 5. The minimum absolute atomic E-state index is 0.123. The molecule has 1 aliphatic heterocycles. The topological polar surface area (TPSA) is 64.7 Å². The van der Waals surface area contributed by atoms with Crippen LogP contribution in [0.3, 0.4) is 0 Å². The molecular weight excluding hydrogens is 414 g/mol. The van der Waals surface area contributed by atoms with Crippen LogP contribution < -0.4 is 9.64 Å². The van der Waals surface area contributed by atoms with E-state index in [4.69, 9.17) is 9.72 Å². The van der Waals surface area contributed by atoms with Crippen molar-refractivity contribution in [2.45, 2.75) is 89.8 Å². The third-order valence-electron chi connectivity index (χ3n) is 7.85. The number of hydrogen-bond acceptors (Lipinski definition) is 5. The van der Waals surface area contributed by atoms with Gasteiger partial charge < -0.3 is 19.5 Å². The lowest BCUT2D eigenvalue weighted by molar-refractivity contribution is 0.0980. The summed E-state index contributed by atoms with van der Waals surface area (Å²) in [6, 6.07) is 7.26. The molecule has 33 heavy (non-hydrogen) atoms. The van der Waals surface area contributed by atoms with Gasteiger partial charge in [0, 0.05) is 55.8 Å². The van der Waals surface area contributed by atoms with Gasteiger partial charge in [-0.1, -0.05) is 32.1 Å². The van der Waals surface area contributed by atoms with E-state index < -0.39 is 0 Å². The van der Waals surface area contributed by atoms with E-state index in [-0.39, 0.29) is 18.2 Å². The lowest BCUT2D eigenvalue weighted by Gasteiger charge is -2.38. The second-order valence-corrected chi connectivity index (χ2v) is 10.4. The molecule has 1 amide bonds. The lowest BCUT2D eigenvalue weighted by Crippen LogP contribution is -2.49. The van der Waals surface area contributed by atoms with Gasteiger partial charge in [0.05, 0.1) is 0 Å². The van der Waals surface area contributed by atoms with E-state index in [0.29, 0.717) is 5.88 Å². The van der Waals surface area contributed by atoms with Crippen molar-refractivity contribution in [1.82, 2.24) is 19.8 Å². The van der Waals surface area contributed by atoms with Crippen LogP contribution in [0.5, 0.6) is 5.88 Å². The zero-order valence-electron chi connectivity index (χ0n) is 20.3. The number of hydrogen-bond donors (Lipinski definition) is 1. The number of nitrogens with one attached hydrogen (secondary N) is 1. The molecule has 2 aliphatic carbocycles. The molecule has 5 rings (SSSR count). The fourth-order valence-electron chi connectivity index (χ4n) is 6.07. The highest BCUT2D eigenvalue weighted by atomic mass is 16.6. The number of piperazine rings is 1. The standard InChI is InChI=1S/C26H39N5O2/c1-19(2)31(22-10-4-3-5-11-22)26(32)33-24-18-20-12-13-23(27-25(20)28-24)30-16-14-29(15-17-30)21-8-6-7-9-21/h12-13,18-19,21-22H,3-11,14-17H2,1-2H3,(H,27,28). The molecule has 3 fully saturated rings. The van der Waals surface area contributed by atoms with Gasteiger partial charge >= 0.3 is 6.09 Å². The van der Waals surface area contributed by atoms with Gasteiger partial charge in [-0.05, 0) is 51.7 Å². The van der Waals surface area contributed by atoms with E-state index >= 15 is 0 Å². The van der Waals surface area contributed by atoms with Crippen LogP contribution in [0.4, 0.5) is 10.6 Å². The van der Waals surface area contributed by atoms with Crippen LogP contribution in [0.1, 0.15) is 71.6 Å². The summed E-state index contributed by atoms with van der Waals surface area (Å²) in [7, 11) is 0. The molecular formula is C26H39N5O2. The fourth-order valence-corrected chi connectivity index (χ4v) is 6.07. The number of pyridine rings is 1. The van der Waals surface area contributed by atoms with Crippen molar-refractivity contribution >= 4 is 22.9 Å². The third-order valence-corrected chi connectivity index (χ3v) is 7.85. The highest BCUT2D eigenvalue weighted by Crippen LogP contribution is 2.28. The summed E-state index contributed by atoms with van der Waals surface area (Å²) in [5.41, 5.74) is 0.780. The Kier molecular flexibility index (Phi) is 6.76. The van der Waals surface area contributed by atoms with Crippen molar-refractivity contribution in [3.05, 3.63) is 18.2 Å². The van der Waals surface area contributed by atoms with Crippen LogP contribution in [0.25, 0.3) is 11.0 Å². The van der Waals surface area contributed by atoms with Crippen molar-refractivity contribution in [2.24, 2.45) is 0 Å². The van der Waals surface area contributed by atoms with Crippen LogP contribution in [0.2, 0.25) is 0 Å². The van der Waals surface area contributed by atoms with Gasteiger partial charge in [-0.15, -0.1) is 0 Å². The molecule has 0 bridgehead atoms. The van der Waals surface area contributed by atoms with E-state index in [9.17, 15) is 4.79 Å². The summed E-state index contributed by atoms with van der Waals surface area (Å²) in [6.45, 7) is 8.40. The summed E-state index contributed by atoms with van der Waals surface area (Å²) in [4.78, 5) is 28.1. The Bertz CT molecular complexity index is 937. The summed E-state index contributed by atoms with van der Waals surface area (Å²) in [6.07, 6.45) is 11.0. The van der Waals surface area contributed by atoms with Crippen molar-refractivity contribution < 1.29 is 9.53 Å². The second kappa shape index (κ2) is 9.92. The highest BCUT2D eigenvalue weighted by Gasteiger charge is 2.30. The molecule has 2 aromatic heterocycles. The predicted molar refractivity (Wildman–Crippen MR) is 132 cm³/mol. The Hall–Kier alpha value is -2.28. The maximum absolute atomic E-state index is 13.0. The summed E-state index contributed by atoms with van der Waals surface area (Å²) >= 11 is 0. The van der Waals surface area contributed by atoms with Crippen molar-refractivity contribution in [3.8, 4) is 5.88 Å². The largest absolute Gasteiger partial charge is 0.416 e. The van der Waals surface area contributed by atoms with Gasteiger partial charge in [-0.3, -0.25) is 4.90 Å². The second-order valence-electron chi connectivity index (χ2n) is 10.4. The number of ether oxygens (including phenoxy) is 1. The molecule has 0 unspecified atom stereocenters. The number of H-pyrrole nitrogens is 1. The number of carbonyl (C=O) groups is 1. The maximum atomic E-state index is 13.0. The first-order valence-electron chi connectivity index (χ1n) is 13.1. The molecule has 7 heteroatoms. The van der Waals surface area contributed by atoms with E-state index in [2.05, 4.69) is 40.8 Å². The van der Waals surface area contributed by atoms with Crippen LogP contribution in [-0.2, 0) is 0 Å². The Morgan fingerprint density at radius 1 is 1.03 bits per heavy atom. The highest BCUT2D eigenvalue weighted by molar-refractivity contribution is 5.81. The lowest BCUT2D eigenvalue weighted by atomic mass is 9.94. The first-order valence-corrected chi connectivity index (χ1v) is 13.1. The molecule has 7 nitrogen and oxygen atoms in total. The van der Waals surface area contributed by atoms with Crippen molar-refractivity contribution in [2.75, 3.05) is 31.1 Å². The fraction of sp³-hybridized carbons (Fsp3) is 0.692. The molecule has 3 aliphatic rings. The van der Waals surface area contributed by atoms with Gasteiger partial charge in [-0.25, -0.2) is 9.78 Å². The summed E-state index contributed by atoms with van der Waals surface area (Å²) in [5, 5.41) is 0.972. The first kappa shape index (κ1) is 22.5. The minimum atomic E-state index is -0.258. The summed E-state index contributed by atoms with van der Waals surface area (Å²) < 4.78 is 5.80. The normalized spacial score (nSPS) is 21.2. The molecule has 2 aromatic rings. The Morgan fingerprint density at radius 3 is 2.42 bits per heavy atom. The van der Waals surface area contributed by atoms with Gasteiger partial charge in [0.1, 0.15) is 11.5 Å². The van der Waals surface area contributed by atoms with Gasteiger partial charge in [0.25, 0.3) is 0 Å². The molecule has 0 atom stereocenters. The predicted octanol–water partition coefficient (Wildman–Crippen LogP) is 5.17. The number of aromatic amines is 1. The smallest absolute Gasteiger partial charge is 0.393 e. The minimum Gasteiger partial charge on any atom is -0.393 e. The van der Waals surface area contributed by atoms with E-state index in [1.807, 2.05) is 11.0 Å². The van der Waals surface area contributed by atoms with Crippen molar-refractivity contribution in [1.29, 1.82) is 0 Å². The Morgan fingerprint density at radius 2 is 1.73 bits per heavy atom. The number of amides is 1. The quantitative estimate of drug-likeness (QED) is 0.677. The zero-order chi connectivity index (χ0) is 22.8. The van der Waals surface area contributed by atoms with Gasteiger partial charge in [0.2, 0.25) is 5.88 Å². The Balaban J connectivity index is 1.24. The molecule has 1 saturated heterocycles. The molecule has 0 aromatic carbocycles. The van der Waals surface area contributed by atoms with E-state index in [0.717, 1.165) is 61.9 Å². The number of nitrogens with zero attached hydrogens (tertiary/aromatic N) is 4. The number of fused-ring (bicyclic) bond motifs is 1. The van der Waals surface area contributed by atoms with Crippen LogP contribution in [-0.4, -0.2) is 70.2 Å². The van der Waals surface area contributed by atoms with Gasteiger partial charge in [0.15, 0.2) is 0 Å². The summed E-state index contributed by atoms with van der Waals surface area (Å²) in [5.74, 6) is 1.48. The molecule has 3 heterocycles. The van der Waals surface area contributed by atoms with Crippen molar-refractivity contribution in [3.63, 3.8) is 0 Å². The van der Waals surface area contributed by atoms with Crippen LogP contribution >= 0.6 is 0 Å². The van der Waals surface area contributed by atoms with Crippen LogP contribution in [0.15, 0.2) is 18.2 Å². The number of carbonyl (C=O) groups excluding carboxylic acids is 1. The van der Waals surface area contributed by atoms with Crippen LogP contribution in [0, 0.1) is 0 Å². The van der Waals surface area contributed by atoms with E-state index in [1.54, 1.807) is 0 Å². The SMILES string of the molecule is CC(C)N(C(=O)Oc1cc2ccc(N3CCN(C4CCCC4)CC3)nc2[nH]1)C1CCCCC1. The zero-order valence-corrected chi connectivity index (χ0v) is 20.3. The molecule has 0 spiro atoms. The average Bonchev–Trinajstić information content (AvgIpc) is 3.49. The monoisotopic (exact) mass is 453 g/mol. The number of anilines is 1. The molecule has 0 radical (unpaired) electrons. The third kappa shape index (κ3) is 4.98. The first-order chi connectivity index (χ1) is 16.1. The van der Waals surface area contributed by atoms with Gasteiger partial charge in [-0.2, -0.15) is 0 Å². The Labute approximate surface area is 197 Å². The molecule has 180 valence electrons. The average molecular weight is 454 g/mol.